The lowest BCUT2D eigenvalue weighted by atomic mass is 10.2. The highest BCUT2D eigenvalue weighted by Crippen LogP contribution is 2.38. The molecular weight excluding hydrogens is 200 g/mol. The van der Waals surface area contributed by atoms with Crippen LogP contribution in [0.25, 0.3) is 0 Å². The minimum Gasteiger partial charge on any atom is -0.321 e. The van der Waals surface area contributed by atoms with Crippen LogP contribution < -0.4 is 15.8 Å². The molecule has 1 amide bonds. The van der Waals surface area contributed by atoms with Crippen molar-refractivity contribution in [3.63, 3.8) is 0 Å². The van der Waals surface area contributed by atoms with E-state index in [0.717, 1.165) is 0 Å². The maximum atomic E-state index is 11.3. The highest BCUT2D eigenvalue weighted by molar-refractivity contribution is 6.06. The number of hydrogen-bond donors (Lipinski definition) is 2. The maximum absolute atomic E-state index is 11.3. The number of nitro benzene ring substituents is 1. The number of carbonyl (C=O) groups excluding carboxylic acids is 1. The van der Waals surface area contributed by atoms with Crippen LogP contribution in [0.5, 0.6) is 0 Å². The van der Waals surface area contributed by atoms with Crippen molar-refractivity contribution in [3.05, 3.63) is 28.3 Å². The molecule has 7 heteroatoms. The van der Waals surface area contributed by atoms with Gasteiger partial charge in [0, 0.05) is 12.1 Å². The van der Waals surface area contributed by atoms with E-state index in [0.29, 0.717) is 11.4 Å². The second-order valence-corrected chi connectivity index (χ2v) is 3.35. The summed E-state index contributed by atoms with van der Waals surface area (Å²) in [5.74, 6) is -0.142. The first-order valence-electron chi connectivity index (χ1n) is 4.31. The minimum absolute atomic E-state index is 0.0114. The molecule has 0 radical (unpaired) electrons. The summed E-state index contributed by atoms with van der Waals surface area (Å²) in [4.78, 5) is 21.4. The molecule has 2 aliphatic heterocycles. The number of nitro groups is 1. The van der Waals surface area contributed by atoms with Gasteiger partial charge in [0.1, 0.15) is 0 Å². The number of fused-ring (bicyclic) bond motifs is 3. The van der Waals surface area contributed by atoms with E-state index in [1.54, 1.807) is 5.01 Å². The van der Waals surface area contributed by atoms with E-state index < -0.39 is 4.92 Å². The van der Waals surface area contributed by atoms with Crippen molar-refractivity contribution in [2.24, 2.45) is 0 Å². The van der Waals surface area contributed by atoms with Gasteiger partial charge in [-0.25, -0.2) is 0 Å². The number of benzene rings is 1. The van der Waals surface area contributed by atoms with Crippen molar-refractivity contribution in [2.75, 3.05) is 10.3 Å². The molecule has 0 spiro atoms. The van der Waals surface area contributed by atoms with E-state index in [1.165, 1.54) is 18.2 Å². The van der Waals surface area contributed by atoms with Crippen LogP contribution in [0.15, 0.2) is 18.2 Å². The zero-order valence-corrected chi connectivity index (χ0v) is 7.43. The van der Waals surface area contributed by atoms with E-state index in [4.69, 9.17) is 0 Å². The van der Waals surface area contributed by atoms with Crippen molar-refractivity contribution >= 4 is 23.0 Å². The molecule has 0 aromatic heterocycles. The Morgan fingerprint density at radius 2 is 2.27 bits per heavy atom. The van der Waals surface area contributed by atoms with Crippen LogP contribution in [0.1, 0.15) is 0 Å². The summed E-state index contributed by atoms with van der Waals surface area (Å²) in [5.41, 5.74) is 4.04. The van der Waals surface area contributed by atoms with Crippen molar-refractivity contribution in [1.29, 1.82) is 0 Å². The number of nitrogens with one attached hydrogen (secondary N) is 2. The molecule has 1 aromatic rings. The smallest absolute Gasteiger partial charge is 0.271 e. The first-order valence-corrected chi connectivity index (χ1v) is 4.31. The molecule has 15 heavy (non-hydrogen) atoms. The Morgan fingerprint density at radius 1 is 1.47 bits per heavy atom. The van der Waals surface area contributed by atoms with Gasteiger partial charge in [0.15, 0.2) is 6.17 Å². The topological polar surface area (TPSA) is 97.2 Å². The Hall–Kier alpha value is -2.15. The average Bonchev–Trinajstić information content (AvgIpc) is 2.97. The Labute approximate surface area is 83.8 Å². The number of hydrazine groups is 1. The van der Waals surface area contributed by atoms with Crippen LogP contribution in [0.2, 0.25) is 0 Å². The van der Waals surface area contributed by atoms with Gasteiger partial charge in [-0.2, -0.15) is 5.43 Å². The van der Waals surface area contributed by atoms with Crippen LogP contribution in [-0.2, 0) is 4.79 Å². The van der Waals surface area contributed by atoms with Gasteiger partial charge in [0.25, 0.3) is 11.6 Å². The van der Waals surface area contributed by atoms with Gasteiger partial charge in [-0.15, -0.1) is 0 Å². The fraction of sp³-hybridized carbons (Fsp3) is 0.125. The molecule has 0 saturated carbocycles. The number of amides is 1. The Balaban J connectivity index is 2.09. The molecule has 2 heterocycles. The Kier molecular flexibility index (Phi) is 1.34. The lowest BCUT2D eigenvalue weighted by Crippen LogP contribution is -2.26. The Morgan fingerprint density at radius 3 is 3.00 bits per heavy atom. The molecular formula is C8H6N4O3. The molecule has 2 aliphatic rings. The maximum Gasteiger partial charge on any atom is 0.271 e. The number of hydrogen-bond acceptors (Lipinski definition) is 5. The molecule has 7 nitrogen and oxygen atoms in total. The Bertz CT molecular complexity index is 487. The van der Waals surface area contributed by atoms with E-state index in [1.807, 2.05) is 0 Å². The van der Waals surface area contributed by atoms with Crippen LogP contribution >= 0.6 is 0 Å². The standard InChI is InChI=1S/C8H6N4O3/c13-8-7-10-11(7)6-3-4(12(14)15)1-2-5(6)9-8/h1-3,7,10H,(H,9,13). The number of nitrogens with zero attached hydrogens (tertiary/aromatic N) is 2. The highest BCUT2D eigenvalue weighted by atomic mass is 16.6. The summed E-state index contributed by atoms with van der Waals surface area (Å²) in [6.07, 6.45) is -0.375. The molecule has 0 aliphatic carbocycles. The quantitative estimate of drug-likeness (QED) is 0.388. The summed E-state index contributed by atoms with van der Waals surface area (Å²) < 4.78 is 0. The molecule has 1 atom stereocenters. The molecule has 3 rings (SSSR count). The fourth-order valence-electron chi connectivity index (χ4n) is 1.62. The van der Waals surface area contributed by atoms with E-state index in [9.17, 15) is 14.9 Å². The van der Waals surface area contributed by atoms with Crippen molar-refractivity contribution in [1.82, 2.24) is 5.43 Å². The van der Waals surface area contributed by atoms with Gasteiger partial charge < -0.3 is 5.32 Å². The first-order chi connectivity index (χ1) is 7.16. The predicted octanol–water partition coefficient (Wildman–Crippen LogP) is 0.198. The molecule has 1 fully saturated rings. The lowest BCUT2D eigenvalue weighted by Gasteiger charge is -2.15. The summed E-state index contributed by atoms with van der Waals surface area (Å²) in [5, 5.41) is 14.8. The van der Waals surface area contributed by atoms with Gasteiger partial charge in [0.2, 0.25) is 0 Å². The van der Waals surface area contributed by atoms with Gasteiger partial charge in [-0.1, -0.05) is 0 Å². The zero-order chi connectivity index (χ0) is 10.6. The third-order valence-corrected chi connectivity index (χ3v) is 2.41. The van der Waals surface area contributed by atoms with E-state index >= 15 is 0 Å². The van der Waals surface area contributed by atoms with Crippen LogP contribution in [0, 0.1) is 10.1 Å². The second kappa shape index (κ2) is 2.45. The monoisotopic (exact) mass is 206 g/mol. The highest BCUT2D eigenvalue weighted by Gasteiger charge is 2.45. The van der Waals surface area contributed by atoms with Gasteiger partial charge >= 0.3 is 0 Å². The third kappa shape index (κ3) is 1.07. The number of rotatable bonds is 1. The van der Waals surface area contributed by atoms with Crippen LogP contribution in [0.3, 0.4) is 0 Å². The number of carbonyl (C=O) groups is 1. The third-order valence-electron chi connectivity index (χ3n) is 2.41. The van der Waals surface area contributed by atoms with Crippen molar-refractivity contribution in [2.45, 2.75) is 6.17 Å². The van der Waals surface area contributed by atoms with Gasteiger partial charge in [-0.3, -0.25) is 19.9 Å². The van der Waals surface area contributed by atoms with Gasteiger partial charge in [-0.05, 0) is 6.07 Å². The zero-order valence-electron chi connectivity index (χ0n) is 7.43. The minimum atomic E-state index is -0.463. The molecule has 1 aromatic carbocycles. The summed E-state index contributed by atoms with van der Waals surface area (Å²) in [6.45, 7) is 0. The average molecular weight is 206 g/mol. The second-order valence-electron chi connectivity index (χ2n) is 3.35. The van der Waals surface area contributed by atoms with Crippen LogP contribution in [-0.4, -0.2) is 17.0 Å². The summed E-state index contributed by atoms with van der Waals surface area (Å²) in [6, 6.07) is 4.33. The molecule has 1 unspecified atom stereocenters. The SMILES string of the molecule is O=C1Nc2ccc([N+](=O)[O-])cc2N2NC12. The van der Waals surface area contributed by atoms with Gasteiger partial charge in [0.05, 0.1) is 16.3 Å². The molecule has 1 saturated heterocycles. The normalized spacial score (nSPS) is 21.5. The van der Waals surface area contributed by atoms with Crippen molar-refractivity contribution < 1.29 is 9.72 Å². The summed E-state index contributed by atoms with van der Waals surface area (Å²) in [7, 11) is 0. The van der Waals surface area contributed by atoms with E-state index in [-0.39, 0.29) is 17.8 Å². The van der Waals surface area contributed by atoms with Crippen LogP contribution in [0.4, 0.5) is 17.1 Å². The molecule has 2 N–H and O–H groups in total. The van der Waals surface area contributed by atoms with E-state index in [2.05, 4.69) is 10.7 Å². The number of non-ortho nitro benzene ring substituents is 1. The molecule has 0 bridgehead atoms. The molecule has 76 valence electrons. The lowest BCUT2D eigenvalue weighted by molar-refractivity contribution is -0.384. The van der Waals surface area contributed by atoms with Crippen molar-refractivity contribution in [3.8, 4) is 0 Å². The number of anilines is 2. The first kappa shape index (κ1) is 8.18. The largest absolute Gasteiger partial charge is 0.321 e. The predicted molar refractivity (Wildman–Crippen MR) is 51.1 cm³/mol. The summed E-state index contributed by atoms with van der Waals surface area (Å²) >= 11 is 0. The fourth-order valence-corrected chi connectivity index (χ4v) is 1.62.